The maximum atomic E-state index is 12.5. The molecule has 1 N–H and O–H groups in total. The highest BCUT2D eigenvalue weighted by atomic mass is 32.2. The number of sulfonamides is 1. The van der Waals surface area contributed by atoms with Crippen molar-refractivity contribution >= 4 is 32.3 Å². The highest BCUT2D eigenvalue weighted by molar-refractivity contribution is 7.91. The van der Waals surface area contributed by atoms with Gasteiger partial charge in [0.05, 0.1) is 0 Å². The number of piperidine rings is 1. The van der Waals surface area contributed by atoms with Crippen LogP contribution in [0.15, 0.2) is 49.1 Å². The van der Waals surface area contributed by atoms with Crippen LogP contribution in [0, 0.1) is 6.92 Å². The Balaban J connectivity index is 1.48. The molecule has 4 rings (SSSR count). The lowest BCUT2D eigenvalue weighted by atomic mass is 9.94. The fourth-order valence-electron chi connectivity index (χ4n) is 4.29. The second-order valence-electron chi connectivity index (χ2n) is 8.55. The number of aryl methyl sites for hydroxylation is 1. The molecule has 31 heavy (non-hydrogen) atoms. The lowest BCUT2D eigenvalue weighted by Gasteiger charge is -2.32. The first-order valence-electron chi connectivity index (χ1n) is 10.6. The average Bonchev–Trinajstić information content (AvgIpc) is 3.24. The van der Waals surface area contributed by atoms with E-state index in [1.54, 1.807) is 23.6 Å². The second-order valence-corrected chi connectivity index (χ2v) is 11.4. The van der Waals surface area contributed by atoms with Crippen molar-refractivity contribution in [2.75, 3.05) is 13.1 Å². The van der Waals surface area contributed by atoms with Crippen LogP contribution in [0.5, 0.6) is 0 Å². The molecule has 0 aliphatic carbocycles. The van der Waals surface area contributed by atoms with Crippen LogP contribution >= 0.6 is 11.3 Å². The molecule has 0 atom stereocenters. The number of hydrogen-bond acceptors (Lipinski definition) is 6. The van der Waals surface area contributed by atoms with E-state index in [0.29, 0.717) is 22.3 Å². The van der Waals surface area contributed by atoms with Crippen LogP contribution in [-0.4, -0.2) is 32.4 Å². The molecule has 1 aromatic carbocycles. The third-order valence-electron chi connectivity index (χ3n) is 5.90. The van der Waals surface area contributed by atoms with E-state index in [-0.39, 0.29) is 11.7 Å². The van der Waals surface area contributed by atoms with Crippen LogP contribution in [0.4, 0.5) is 0 Å². The lowest BCUT2D eigenvalue weighted by molar-refractivity contribution is 0.200. The summed E-state index contributed by atoms with van der Waals surface area (Å²) in [6.07, 6.45) is 1.47. The predicted molar refractivity (Wildman–Crippen MR) is 124 cm³/mol. The molecule has 0 amide bonds. The van der Waals surface area contributed by atoms with E-state index in [1.807, 2.05) is 13.0 Å². The summed E-state index contributed by atoms with van der Waals surface area (Å²) in [5.74, 6) is 0.385. The van der Waals surface area contributed by atoms with Crippen LogP contribution in [-0.2, 0) is 16.6 Å². The molecule has 3 aromatic rings. The zero-order valence-corrected chi connectivity index (χ0v) is 19.7. The molecule has 1 fully saturated rings. The van der Waals surface area contributed by atoms with Crippen molar-refractivity contribution in [2.24, 2.45) is 0 Å². The first-order valence-corrected chi connectivity index (χ1v) is 12.9. The summed E-state index contributed by atoms with van der Waals surface area (Å²) >= 11 is 1.23. The molecule has 6 nitrogen and oxygen atoms in total. The lowest BCUT2D eigenvalue weighted by Crippen LogP contribution is -2.44. The monoisotopic (exact) mass is 460 g/mol. The van der Waals surface area contributed by atoms with Crippen molar-refractivity contribution in [3.05, 3.63) is 62.8 Å². The second kappa shape index (κ2) is 8.86. The molecule has 3 heterocycles. The largest absolute Gasteiger partial charge is 0.423 e. The molecule has 0 unspecified atom stereocenters. The number of likely N-dealkylation sites (tertiary alicyclic amines) is 1. The van der Waals surface area contributed by atoms with Gasteiger partial charge >= 0.3 is 5.63 Å². The molecule has 1 aliphatic rings. The van der Waals surface area contributed by atoms with Crippen LogP contribution in [0.2, 0.25) is 0 Å². The van der Waals surface area contributed by atoms with Gasteiger partial charge < -0.3 is 4.42 Å². The number of thiophene rings is 1. The van der Waals surface area contributed by atoms with Crippen LogP contribution < -0.4 is 10.3 Å². The van der Waals surface area contributed by atoms with Gasteiger partial charge in [0.25, 0.3) is 0 Å². The SMILES string of the molecule is Cc1cc2oc(=O)cc(CN3CCC(NS(=O)(=O)c4cccs4)CC3)c2cc1C(C)C. The first-order chi connectivity index (χ1) is 14.7. The Hall–Kier alpha value is -2.00. The van der Waals surface area contributed by atoms with Crippen molar-refractivity contribution in [3.63, 3.8) is 0 Å². The van der Waals surface area contributed by atoms with E-state index in [9.17, 15) is 13.2 Å². The predicted octanol–water partition coefficient (Wildman–Crippen LogP) is 4.23. The molecule has 1 aliphatic heterocycles. The van der Waals surface area contributed by atoms with Gasteiger partial charge in [-0.1, -0.05) is 19.9 Å². The maximum Gasteiger partial charge on any atom is 0.336 e. The standard InChI is InChI=1S/C23H28N2O4S2/c1-15(2)19-13-20-17(12-22(26)29-21(20)11-16(19)3)14-25-8-6-18(7-9-25)24-31(27,28)23-5-4-10-30-23/h4-5,10-13,15,18,24H,6-9,14H2,1-3H3. The zero-order chi connectivity index (χ0) is 22.2. The quantitative estimate of drug-likeness (QED) is 0.557. The van der Waals surface area contributed by atoms with Gasteiger partial charge in [-0.2, -0.15) is 0 Å². The van der Waals surface area contributed by atoms with Gasteiger partial charge in [0.1, 0.15) is 9.79 Å². The average molecular weight is 461 g/mol. The Morgan fingerprint density at radius 3 is 2.61 bits per heavy atom. The van der Waals surface area contributed by atoms with Crippen LogP contribution in [0.3, 0.4) is 0 Å². The molecule has 166 valence electrons. The number of rotatable bonds is 6. The molecule has 8 heteroatoms. The summed E-state index contributed by atoms with van der Waals surface area (Å²) in [6.45, 7) is 8.55. The highest BCUT2D eigenvalue weighted by Crippen LogP contribution is 2.28. The van der Waals surface area contributed by atoms with Crippen molar-refractivity contribution in [3.8, 4) is 0 Å². The first kappa shape index (κ1) is 22.2. The smallest absolute Gasteiger partial charge is 0.336 e. The van der Waals surface area contributed by atoms with Gasteiger partial charge in [-0.3, -0.25) is 4.90 Å². The summed E-state index contributed by atoms with van der Waals surface area (Å²) in [4.78, 5) is 14.4. The third kappa shape index (κ3) is 4.92. The van der Waals surface area contributed by atoms with Crippen molar-refractivity contribution < 1.29 is 12.8 Å². The molecule has 1 saturated heterocycles. The molecule has 0 radical (unpaired) electrons. The van der Waals surface area contributed by atoms with E-state index >= 15 is 0 Å². The minimum Gasteiger partial charge on any atom is -0.423 e. The molecule has 0 spiro atoms. The fraction of sp³-hybridized carbons (Fsp3) is 0.435. The fourth-order valence-corrected chi connectivity index (χ4v) is 6.60. The van der Waals surface area contributed by atoms with E-state index in [4.69, 9.17) is 4.42 Å². The zero-order valence-electron chi connectivity index (χ0n) is 18.1. The van der Waals surface area contributed by atoms with Gasteiger partial charge in [0.2, 0.25) is 10.0 Å². The van der Waals surface area contributed by atoms with E-state index in [0.717, 1.165) is 42.4 Å². The number of benzene rings is 1. The van der Waals surface area contributed by atoms with Crippen molar-refractivity contribution in [1.82, 2.24) is 9.62 Å². The molecule has 2 aromatic heterocycles. The Morgan fingerprint density at radius 2 is 1.97 bits per heavy atom. The van der Waals surface area contributed by atoms with Crippen LogP contribution in [0.1, 0.15) is 49.3 Å². The minimum absolute atomic E-state index is 0.0730. The van der Waals surface area contributed by atoms with E-state index < -0.39 is 10.0 Å². The van der Waals surface area contributed by atoms with Crippen molar-refractivity contribution in [1.29, 1.82) is 0 Å². The Bertz CT molecular complexity index is 1220. The number of hydrogen-bond donors (Lipinski definition) is 1. The Kier molecular flexibility index (Phi) is 6.35. The van der Waals surface area contributed by atoms with E-state index in [2.05, 4.69) is 29.5 Å². The van der Waals surface area contributed by atoms with Gasteiger partial charge in [0.15, 0.2) is 0 Å². The highest BCUT2D eigenvalue weighted by Gasteiger charge is 2.25. The number of nitrogens with zero attached hydrogens (tertiary/aromatic N) is 1. The molecular formula is C23H28N2O4S2. The molecule has 0 saturated carbocycles. The Morgan fingerprint density at radius 1 is 1.23 bits per heavy atom. The van der Waals surface area contributed by atoms with E-state index in [1.165, 1.54) is 16.9 Å². The van der Waals surface area contributed by atoms with Crippen molar-refractivity contribution in [2.45, 2.75) is 56.3 Å². The normalized spacial score (nSPS) is 16.4. The minimum atomic E-state index is -3.45. The summed E-state index contributed by atoms with van der Waals surface area (Å²) < 4.78 is 33.6. The van der Waals surface area contributed by atoms with Gasteiger partial charge in [-0.25, -0.2) is 17.9 Å². The molecular weight excluding hydrogens is 432 g/mol. The number of nitrogens with one attached hydrogen (secondary N) is 1. The third-order valence-corrected chi connectivity index (χ3v) is 8.82. The maximum absolute atomic E-state index is 12.5. The summed E-state index contributed by atoms with van der Waals surface area (Å²) in [7, 11) is -3.45. The summed E-state index contributed by atoms with van der Waals surface area (Å²) in [5, 5.41) is 2.75. The van der Waals surface area contributed by atoms with Gasteiger partial charge in [-0.05, 0) is 66.0 Å². The summed E-state index contributed by atoms with van der Waals surface area (Å²) in [5.41, 5.74) is 3.64. The molecule has 0 bridgehead atoms. The topological polar surface area (TPSA) is 79.6 Å². The van der Waals surface area contributed by atoms with Gasteiger partial charge in [0, 0.05) is 37.1 Å². The Labute approximate surface area is 186 Å². The summed E-state index contributed by atoms with van der Waals surface area (Å²) in [6, 6.07) is 9.00. The van der Waals surface area contributed by atoms with Crippen LogP contribution in [0.25, 0.3) is 11.0 Å². The number of fused-ring (bicyclic) bond motifs is 1. The van der Waals surface area contributed by atoms with Gasteiger partial charge in [-0.15, -0.1) is 11.3 Å².